The third-order valence-corrected chi connectivity index (χ3v) is 4.40. The van der Waals surface area contributed by atoms with Crippen LogP contribution in [0.4, 0.5) is 0 Å². The minimum atomic E-state index is -0.0383. The van der Waals surface area contributed by atoms with Gasteiger partial charge in [0.25, 0.3) is 5.91 Å². The van der Waals surface area contributed by atoms with Crippen molar-refractivity contribution >= 4 is 17.5 Å². The van der Waals surface area contributed by atoms with Gasteiger partial charge < -0.3 is 15.1 Å². The number of hydrogen-bond donors (Lipinski definition) is 1. The van der Waals surface area contributed by atoms with E-state index in [0.717, 1.165) is 51.4 Å². The summed E-state index contributed by atoms with van der Waals surface area (Å²) >= 11 is 6.38. The highest BCUT2D eigenvalue weighted by atomic mass is 35.5. The number of nitrogens with zero attached hydrogens (tertiary/aromatic N) is 4. The highest BCUT2D eigenvalue weighted by Gasteiger charge is 2.27. The fourth-order valence-electron chi connectivity index (χ4n) is 2.69. The zero-order valence-electron chi connectivity index (χ0n) is 11.7. The molecule has 1 N–H and O–H groups in total. The lowest BCUT2D eigenvalue weighted by atomic mass is 10.2. The number of carbonyl (C=O) groups excluding carboxylic acids is 1. The Kier molecular flexibility index (Phi) is 3.96. The Hall–Kier alpha value is -1.11. The average Bonchev–Trinajstić information content (AvgIpc) is 2.64. The van der Waals surface area contributed by atoms with E-state index in [2.05, 4.69) is 22.4 Å². The number of piperazine rings is 1. The maximum atomic E-state index is 12.6. The summed E-state index contributed by atoms with van der Waals surface area (Å²) in [7, 11) is 2.07. The molecule has 2 aliphatic rings. The molecule has 0 aliphatic carbocycles. The van der Waals surface area contributed by atoms with E-state index >= 15 is 0 Å². The Morgan fingerprint density at radius 3 is 2.75 bits per heavy atom. The molecule has 0 atom stereocenters. The average molecular weight is 298 g/mol. The van der Waals surface area contributed by atoms with Gasteiger partial charge in [0.15, 0.2) is 5.69 Å². The predicted molar refractivity (Wildman–Crippen MR) is 77.0 cm³/mol. The third-order valence-electron chi connectivity index (χ3n) is 4.00. The lowest BCUT2D eigenvalue weighted by molar-refractivity contribution is 0.0657. The molecule has 0 spiro atoms. The van der Waals surface area contributed by atoms with Crippen molar-refractivity contribution in [2.24, 2.45) is 0 Å². The Balaban J connectivity index is 1.81. The second kappa shape index (κ2) is 5.71. The summed E-state index contributed by atoms with van der Waals surface area (Å²) in [4.78, 5) is 16.6. The van der Waals surface area contributed by atoms with E-state index in [-0.39, 0.29) is 5.91 Å². The molecule has 0 bridgehead atoms. The fourth-order valence-corrected chi connectivity index (χ4v) is 2.97. The summed E-state index contributed by atoms with van der Waals surface area (Å²) in [6, 6.07) is 0. The summed E-state index contributed by atoms with van der Waals surface area (Å²) < 4.78 is 1.88. The van der Waals surface area contributed by atoms with Crippen LogP contribution in [0.5, 0.6) is 0 Å². The summed E-state index contributed by atoms with van der Waals surface area (Å²) in [5, 5.41) is 8.27. The van der Waals surface area contributed by atoms with Crippen molar-refractivity contribution in [2.45, 2.75) is 19.5 Å². The van der Waals surface area contributed by atoms with Gasteiger partial charge in [-0.2, -0.15) is 5.10 Å². The first-order chi connectivity index (χ1) is 9.66. The Bertz CT molecular complexity index is 507. The summed E-state index contributed by atoms with van der Waals surface area (Å²) in [5.74, 6) is -0.0383. The van der Waals surface area contributed by atoms with Crippen LogP contribution in [0.25, 0.3) is 0 Å². The molecule has 1 aromatic rings. The molecular weight excluding hydrogens is 278 g/mol. The number of nitrogens with one attached hydrogen (secondary N) is 1. The molecule has 3 heterocycles. The predicted octanol–water partition coefficient (Wildman–Crippen LogP) is 0.417. The van der Waals surface area contributed by atoms with Crippen molar-refractivity contribution in [3.05, 3.63) is 16.4 Å². The van der Waals surface area contributed by atoms with Crippen molar-refractivity contribution < 1.29 is 4.79 Å². The molecule has 1 amide bonds. The number of rotatable bonds is 1. The monoisotopic (exact) mass is 297 g/mol. The van der Waals surface area contributed by atoms with Crippen LogP contribution >= 0.6 is 11.6 Å². The van der Waals surface area contributed by atoms with Gasteiger partial charge in [-0.1, -0.05) is 11.6 Å². The first kappa shape index (κ1) is 13.9. The van der Waals surface area contributed by atoms with E-state index in [1.807, 2.05) is 9.58 Å². The van der Waals surface area contributed by atoms with Crippen molar-refractivity contribution in [3.8, 4) is 0 Å². The van der Waals surface area contributed by atoms with E-state index < -0.39 is 0 Å². The molecule has 2 aliphatic heterocycles. The maximum Gasteiger partial charge on any atom is 0.276 e. The molecule has 0 saturated carbocycles. The smallest absolute Gasteiger partial charge is 0.276 e. The van der Waals surface area contributed by atoms with Crippen molar-refractivity contribution in [1.29, 1.82) is 0 Å². The number of aryl methyl sites for hydroxylation is 1. The van der Waals surface area contributed by atoms with Crippen molar-refractivity contribution in [3.63, 3.8) is 0 Å². The number of hydrogen-bond acceptors (Lipinski definition) is 4. The van der Waals surface area contributed by atoms with Crippen LogP contribution in [-0.4, -0.2) is 65.3 Å². The molecule has 1 saturated heterocycles. The Morgan fingerprint density at radius 2 is 2.00 bits per heavy atom. The molecule has 1 fully saturated rings. The normalized spacial score (nSPS) is 20.6. The summed E-state index contributed by atoms with van der Waals surface area (Å²) in [5.41, 5.74) is 1.34. The first-order valence-electron chi connectivity index (χ1n) is 7.10. The van der Waals surface area contributed by atoms with Gasteiger partial charge in [0, 0.05) is 39.3 Å². The van der Waals surface area contributed by atoms with E-state index in [1.54, 1.807) is 0 Å². The summed E-state index contributed by atoms with van der Waals surface area (Å²) in [6.07, 6.45) is 1.01. The molecule has 6 nitrogen and oxygen atoms in total. The van der Waals surface area contributed by atoms with Crippen molar-refractivity contribution in [2.75, 3.05) is 39.8 Å². The number of carbonyl (C=O) groups is 1. The van der Waals surface area contributed by atoms with E-state index in [1.165, 1.54) is 0 Å². The summed E-state index contributed by atoms with van der Waals surface area (Å²) in [6.45, 7) is 5.75. The molecular formula is C13H20ClN5O. The lowest BCUT2D eigenvalue weighted by Crippen LogP contribution is -2.47. The topological polar surface area (TPSA) is 53.4 Å². The van der Waals surface area contributed by atoms with E-state index in [9.17, 15) is 4.79 Å². The van der Waals surface area contributed by atoms with Crippen LogP contribution in [0.3, 0.4) is 0 Å². The molecule has 1 aromatic heterocycles. The number of amides is 1. The standard InChI is InChI=1S/C13H20ClN5O/c1-17-5-7-18(8-6-17)13(20)12-11(14)10-9-15-3-2-4-19(10)16-12/h15H,2-9H2,1H3. The van der Waals surface area contributed by atoms with Gasteiger partial charge in [0.2, 0.25) is 0 Å². The molecule has 20 heavy (non-hydrogen) atoms. The lowest BCUT2D eigenvalue weighted by Gasteiger charge is -2.32. The number of fused-ring (bicyclic) bond motifs is 1. The van der Waals surface area contributed by atoms with Crippen LogP contribution in [-0.2, 0) is 13.1 Å². The van der Waals surface area contributed by atoms with Crippen LogP contribution in [0.15, 0.2) is 0 Å². The van der Waals surface area contributed by atoms with Gasteiger partial charge >= 0.3 is 0 Å². The third kappa shape index (κ3) is 2.55. The van der Waals surface area contributed by atoms with Crippen molar-refractivity contribution in [1.82, 2.24) is 24.9 Å². The van der Waals surface area contributed by atoms with Gasteiger partial charge in [-0.3, -0.25) is 9.48 Å². The zero-order valence-corrected chi connectivity index (χ0v) is 12.5. The SMILES string of the molecule is CN1CCN(C(=O)c2nn3c(c2Cl)CNCCC3)CC1. The van der Waals surface area contributed by atoms with Gasteiger partial charge in [0.1, 0.15) is 0 Å². The Labute approximate surface area is 123 Å². The maximum absolute atomic E-state index is 12.6. The highest BCUT2D eigenvalue weighted by molar-refractivity contribution is 6.34. The number of aromatic nitrogens is 2. The molecule has 3 rings (SSSR count). The minimum absolute atomic E-state index is 0.0383. The second-order valence-corrected chi connectivity index (χ2v) is 5.84. The number of likely N-dealkylation sites (N-methyl/N-ethyl adjacent to an activating group) is 1. The molecule has 0 radical (unpaired) electrons. The fraction of sp³-hybridized carbons (Fsp3) is 0.692. The van der Waals surface area contributed by atoms with Gasteiger partial charge in [-0.15, -0.1) is 0 Å². The van der Waals surface area contributed by atoms with Gasteiger partial charge in [-0.25, -0.2) is 0 Å². The van der Waals surface area contributed by atoms with Crippen LogP contribution in [0.1, 0.15) is 22.6 Å². The second-order valence-electron chi connectivity index (χ2n) is 5.46. The quantitative estimate of drug-likeness (QED) is 0.816. The highest BCUT2D eigenvalue weighted by Crippen LogP contribution is 2.24. The molecule has 110 valence electrons. The largest absolute Gasteiger partial charge is 0.335 e. The van der Waals surface area contributed by atoms with Crippen LogP contribution in [0, 0.1) is 0 Å². The molecule has 0 aromatic carbocycles. The first-order valence-corrected chi connectivity index (χ1v) is 7.48. The van der Waals surface area contributed by atoms with Gasteiger partial charge in [-0.05, 0) is 20.0 Å². The van der Waals surface area contributed by atoms with Gasteiger partial charge in [0.05, 0.1) is 10.7 Å². The van der Waals surface area contributed by atoms with Crippen LogP contribution < -0.4 is 5.32 Å². The van der Waals surface area contributed by atoms with E-state index in [0.29, 0.717) is 17.3 Å². The zero-order chi connectivity index (χ0) is 14.1. The van der Waals surface area contributed by atoms with E-state index in [4.69, 9.17) is 11.6 Å². The minimum Gasteiger partial charge on any atom is -0.335 e. The van der Waals surface area contributed by atoms with Crippen LogP contribution in [0.2, 0.25) is 5.02 Å². The Morgan fingerprint density at radius 1 is 1.25 bits per heavy atom. The number of halogens is 1. The molecule has 7 heteroatoms. The molecule has 0 unspecified atom stereocenters.